The number of carbonyl (C=O) groups is 2. The maximum absolute atomic E-state index is 16.6. The van der Waals surface area contributed by atoms with Crippen molar-refractivity contribution in [2.45, 2.75) is 101 Å². The van der Waals surface area contributed by atoms with Gasteiger partial charge in [0, 0.05) is 15.7 Å². The molecule has 2 fully saturated rings. The summed E-state index contributed by atoms with van der Waals surface area (Å²) in [6, 6.07) is 18.1. The van der Waals surface area contributed by atoms with Gasteiger partial charge in [-0.2, -0.15) is 5.26 Å². The molecule has 2 aliphatic rings. The molecule has 0 bridgehead atoms. The zero-order valence-electron chi connectivity index (χ0n) is 38.3. The van der Waals surface area contributed by atoms with E-state index in [2.05, 4.69) is 40.5 Å². The van der Waals surface area contributed by atoms with Crippen LogP contribution in [0, 0.1) is 11.3 Å². The van der Waals surface area contributed by atoms with E-state index in [0.29, 0.717) is 11.1 Å². The number of nitriles is 1. The summed E-state index contributed by atoms with van der Waals surface area (Å²) in [5.74, 6) is -0.749. The Balaban J connectivity index is 1.09. The summed E-state index contributed by atoms with van der Waals surface area (Å²) < 4.78 is 69.0. The minimum Gasteiger partial charge on any atom is -0.409 e. The summed E-state index contributed by atoms with van der Waals surface area (Å²) in [4.78, 5) is 62.2. The number of carbonyl (C=O) groups excluding carboxylic acids is 2. The molecular formula is C43H49FN11O11P2SSi+. The Kier molecular flexibility index (Phi) is 15.3. The zero-order chi connectivity index (χ0) is 50.0. The third-order valence-electron chi connectivity index (χ3n) is 12.3. The fourth-order valence-corrected chi connectivity index (χ4v) is 11.7. The summed E-state index contributed by atoms with van der Waals surface area (Å²) in [6.45, 7) is 5.10. The van der Waals surface area contributed by atoms with Crippen molar-refractivity contribution in [2.75, 3.05) is 23.8 Å². The number of ether oxygens (including phenoxy) is 1. The highest BCUT2D eigenvalue weighted by molar-refractivity contribution is 8.07. The molecule has 27 heteroatoms. The second kappa shape index (κ2) is 21.1. The lowest BCUT2D eigenvalue weighted by Crippen LogP contribution is -2.49. The number of hydrogen-bond acceptors (Lipinski definition) is 18. The van der Waals surface area contributed by atoms with E-state index in [1.54, 1.807) is 65.2 Å². The van der Waals surface area contributed by atoms with E-state index in [4.69, 9.17) is 39.1 Å². The average Bonchev–Trinajstić information content (AvgIpc) is 4.10. The Bertz CT molecular complexity index is 2970. The lowest BCUT2D eigenvalue weighted by atomic mass is 10.1. The minimum atomic E-state index is -4.12. The highest BCUT2D eigenvalue weighted by Gasteiger charge is 2.55. The van der Waals surface area contributed by atoms with Gasteiger partial charge >= 0.3 is 15.0 Å². The molecule has 2 amide bonds. The number of aliphatic hydroxyl groups is 1. The fourth-order valence-electron chi connectivity index (χ4n) is 7.77. The Hall–Kier alpha value is -5.45. The third-order valence-corrected chi connectivity index (χ3v) is 19.5. The van der Waals surface area contributed by atoms with Gasteiger partial charge in [0.1, 0.15) is 24.9 Å². The van der Waals surface area contributed by atoms with Crippen molar-refractivity contribution in [3.8, 4) is 6.07 Å². The van der Waals surface area contributed by atoms with Crippen LogP contribution >= 0.6 is 15.0 Å². The molecule has 4 aromatic heterocycles. The Morgan fingerprint density at radius 3 is 2.00 bits per heavy atom. The number of benzene rings is 2. The predicted octanol–water partition coefficient (Wildman–Crippen LogP) is 6.69. The number of nitrogens with zero attached hydrogens (tertiary/aromatic N) is 9. The van der Waals surface area contributed by atoms with E-state index in [-0.39, 0.29) is 58.5 Å². The summed E-state index contributed by atoms with van der Waals surface area (Å²) in [5, 5.41) is 26.5. The highest BCUT2D eigenvalue weighted by Crippen LogP contribution is 2.56. The van der Waals surface area contributed by atoms with Crippen LogP contribution in [0.4, 0.5) is 16.0 Å². The number of nitrogens with one attached hydrogen (secondary N) is 2. The van der Waals surface area contributed by atoms with Gasteiger partial charge in [0.25, 0.3) is 11.8 Å². The van der Waals surface area contributed by atoms with Crippen molar-refractivity contribution >= 4 is 80.9 Å². The van der Waals surface area contributed by atoms with E-state index < -0.39 is 90.7 Å². The van der Waals surface area contributed by atoms with E-state index in [1.165, 1.54) is 23.5 Å². The van der Waals surface area contributed by atoms with Gasteiger partial charge in [0.15, 0.2) is 60.8 Å². The SMILES string of the molecule is CC(C)(C)[Si](C)(C)O[C@H]1[C@@H](OP(=S)(OCCC#N)OC[C@H]2O[C@@H](n3cnc4c(NC(=O)c5ccccc5)ncnc43)[C@H](F)[C@@H]2O[P+](=O)O)[C@H](n2cnc3c(NC(=O)c4ccccc4)ncnc32)C[C@@H]1O. The lowest BCUT2D eigenvalue weighted by molar-refractivity contribution is -0.0494. The van der Waals surface area contributed by atoms with Crippen LogP contribution in [-0.4, -0.2) is 119 Å². The molecule has 0 spiro atoms. The molecule has 2 aromatic carbocycles. The normalized spacial score (nSPS) is 23.8. The van der Waals surface area contributed by atoms with Gasteiger partial charge in [0.2, 0.25) is 0 Å². The van der Waals surface area contributed by atoms with E-state index in [1.807, 2.05) is 39.9 Å². The summed E-state index contributed by atoms with van der Waals surface area (Å²) in [6.07, 6.45) is -5.23. The zero-order valence-corrected chi connectivity index (χ0v) is 41.9. The van der Waals surface area contributed by atoms with Gasteiger partial charge in [-0.1, -0.05) is 57.2 Å². The molecule has 6 aromatic rings. The number of aromatic nitrogens is 8. The summed E-state index contributed by atoms with van der Waals surface area (Å²) in [7, 11) is -6.08. The van der Waals surface area contributed by atoms with E-state index in [0.717, 1.165) is 6.33 Å². The van der Waals surface area contributed by atoms with Gasteiger partial charge in [-0.05, 0) is 60.6 Å². The first-order valence-electron chi connectivity index (χ1n) is 21.9. The number of halogens is 1. The molecule has 5 heterocycles. The number of alkyl halides is 1. The average molecular weight is 1040 g/mol. The second-order valence-electron chi connectivity index (χ2n) is 17.8. The monoisotopic (exact) mass is 1040 g/mol. The topological polar surface area (TPSA) is 282 Å². The van der Waals surface area contributed by atoms with Crippen molar-refractivity contribution in [3.63, 3.8) is 0 Å². The van der Waals surface area contributed by atoms with Gasteiger partial charge in [-0.15, -0.1) is 9.42 Å². The molecule has 4 N–H and O–H groups in total. The largest absolute Gasteiger partial charge is 0.695 e. The number of amides is 2. The Morgan fingerprint density at radius 1 is 0.900 bits per heavy atom. The Morgan fingerprint density at radius 2 is 1.46 bits per heavy atom. The van der Waals surface area contributed by atoms with Crippen LogP contribution < -0.4 is 10.6 Å². The standard InChI is InChI=1S/C43H48FN11O11P2SSi/c1-43(2,3)70(4,5)66-34-28(56)19-27(54-23-50-31-36(46-21-48-38(31)54)52-40(57)25-13-8-6-9-14-25)33(34)65-68(69,61-18-12-17-45)62-20-29-35(64-67(59)60)30(44)42(63-29)55-24-51-32-37(47-22-49-39(32)55)53-41(58)26-15-10-7-11-16-26/h6-11,13-16,21-24,27-30,33-35,42,56H,12,18-20H2,1-5H3,(H2-,46,47,48,49,52,53,57,58,59,60)/p+1/t27-,28+,29-,30-,33+,34-,35-,42-,68?/m1/s1. The molecule has 1 saturated carbocycles. The fraction of sp³-hybridized carbons (Fsp3) is 0.419. The maximum atomic E-state index is 16.6. The summed E-state index contributed by atoms with van der Waals surface area (Å²) >= 11 is 6.05. The number of anilines is 2. The highest BCUT2D eigenvalue weighted by atomic mass is 32.5. The minimum absolute atomic E-state index is 0.0297. The van der Waals surface area contributed by atoms with Crippen LogP contribution in [0.2, 0.25) is 18.1 Å². The van der Waals surface area contributed by atoms with Crippen molar-refractivity contribution in [1.29, 1.82) is 5.26 Å². The molecule has 22 nitrogen and oxygen atoms in total. The molecule has 0 radical (unpaired) electrons. The summed E-state index contributed by atoms with van der Waals surface area (Å²) in [5.41, 5.74) is 1.40. The van der Waals surface area contributed by atoms with Crippen molar-refractivity contribution in [2.24, 2.45) is 0 Å². The predicted molar refractivity (Wildman–Crippen MR) is 256 cm³/mol. The molecular weight excluding hydrogens is 988 g/mol. The van der Waals surface area contributed by atoms with E-state index in [9.17, 15) is 29.4 Å². The molecule has 10 atom stereocenters. The molecule has 1 aliphatic carbocycles. The van der Waals surface area contributed by atoms with Crippen LogP contribution in [0.15, 0.2) is 86.0 Å². The molecule has 2 unspecified atom stereocenters. The van der Waals surface area contributed by atoms with Crippen LogP contribution in [0.25, 0.3) is 22.3 Å². The third kappa shape index (κ3) is 10.9. The van der Waals surface area contributed by atoms with Gasteiger partial charge in [-0.25, -0.2) is 34.3 Å². The molecule has 70 heavy (non-hydrogen) atoms. The molecule has 8 rings (SSSR count). The first-order chi connectivity index (χ1) is 33.4. The second-order valence-corrected chi connectivity index (χ2v) is 26.2. The van der Waals surface area contributed by atoms with Gasteiger partial charge in [-0.3, -0.25) is 14.2 Å². The van der Waals surface area contributed by atoms with Crippen LogP contribution in [-0.2, 0) is 43.6 Å². The number of aliphatic hydroxyl groups excluding tert-OH is 1. The number of imidazole rings is 2. The van der Waals surface area contributed by atoms with Gasteiger partial charge < -0.3 is 43.0 Å². The smallest absolute Gasteiger partial charge is 0.409 e. The first-order valence-corrected chi connectivity index (χ1v) is 28.5. The molecule has 1 aliphatic heterocycles. The van der Waals surface area contributed by atoms with Crippen molar-refractivity contribution in [1.82, 2.24) is 39.0 Å². The van der Waals surface area contributed by atoms with Crippen molar-refractivity contribution in [3.05, 3.63) is 97.1 Å². The lowest BCUT2D eigenvalue weighted by Gasteiger charge is -2.41. The van der Waals surface area contributed by atoms with Crippen molar-refractivity contribution < 1.29 is 55.8 Å². The van der Waals surface area contributed by atoms with Gasteiger partial charge in [0.05, 0.1) is 56.6 Å². The maximum Gasteiger partial charge on any atom is 0.695 e. The molecule has 368 valence electrons. The Labute approximate surface area is 407 Å². The number of rotatable bonds is 18. The van der Waals surface area contributed by atoms with Crippen LogP contribution in [0.1, 0.15) is 66.6 Å². The number of fused-ring (bicyclic) bond motifs is 2. The quantitative estimate of drug-likeness (QED) is 0.0396. The molecule has 1 saturated heterocycles. The van der Waals surface area contributed by atoms with Crippen LogP contribution in [0.5, 0.6) is 0 Å². The van der Waals surface area contributed by atoms with Crippen LogP contribution in [0.3, 0.4) is 0 Å². The first kappa shape index (κ1) is 50.9. The van der Waals surface area contributed by atoms with E-state index >= 15 is 4.39 Å². The number of hydrogen-bond donors (Lipinski definition) is 4.